The molecule has 31 heavy (non-hydrogen) atoms. The zero-order chi connectivity index (χ0) is 21.4. The van der Waals surface area contributed by atoms with Crippen LogP contribution in [-0.4, -0.2) is 31.4 Å². The normalized spacial score (nSPS) is 15.8. The maximum absolute atomic E-state index is 12.7. The summed E-state index contributed by atoms with van der Waals surface area (Å²) in [6.45, 7) is 3.86. The first-order valence-corrected chi connectivity index (χ1v) is 11.1. The van der Waals surface area contributed by atoms with E-state index in [0.717, 1.165) is 33.8 Å². The molecule has 6 nitrogen and oxygen atoms in total. The average Bonchev–Trinajstić information content (AvgIpc) is 3.04. The fourth-order valence-corrected chi connectivity index (χ4v) is 4.99. The van der Waals surface area contributed by atoms with E-state index < -0.39 is 0 Å². The minimum Gasteiger partial charge on any atom is -0.309 e. The van der Waals surface area contributed by atoms with Crippen molar-refractivity contribution in [1.29, 1.82) is 0 Å². The van der Waals surface area contributed by atoms with Gasteiger partial charge in [0.1, 0.15) is 5.82 Å². The minimum absolute atomic E-state index is 0.0509. The van der Waals surface area contributed by atoms with Gasteiger partial charge in [0.15, 0.2) is 0 Å². The van der Waals surface area contributed by atoms with Gasteiger partial charge in [0, 0.05) is 22.5 Å². The van der Waals surface area contributed by atoms with E-state index in [-0.39, 0.29) is 11.2 Å². The van der Waals surface area contributed by atoms with Crippen LogP contribution in [0.25, 0.3) is 17.2 Å². The zero-order valence-electron chi connectivity index (χ0n) is 17.2. The van der Waals surface area contributed by atoms with Crippen molar-refractivity contribution < 1.29 is 4.79 Å². The number of carbonyl (C=O) groups excluding carboxylic acids is 1. The summed E-state index contributed by atoms with van der Waals surface area (Å²) in [5.41, 5.74) is 5.60. The largest absolute Gasteiger partial charge is 0.309 e. The van der Waals surface area contributed by atoms with E-state index in [9.17, 15) is 4.79 Å². The Morgan fingerprint density at radius 1 is 0.968 bits per heavy atom. The van der Waals surface area contributed by atoms with Crippen LogP contribution in [0.3, 0.4) is 0 Å². The Hall–Kier alpha value is -3.45. The Labute approximate surface area is 184 Å². The standard InChI is InChI=1S/C24H21N5OS/c1-15-13-16(2)26-24(25-15)29-23-20(21(28-29)17-9-5-3-6-10-17)22(31-14-19(30)27-23)18-11-7-4-8-12-18/h3-13,22H,14H2,1-2H3,(H,27,30)/t22-/m1/s1. The Kier molecular flexibility index (Phi) is 5.03. The first-order chi connectivity index (χ1) is 15.1. The summed E-state index contributed by atoms with van der Waals surface area (Å²) in [6, 6.07) is 22.2. The van der Waals surface area contributed by atoms with Gasteiger partial charge in [-0.25, -0.2) is 9.97 Å². The van der Waals surface area contributed by atoms with Crippen molar-refractivity contribution in [2.24, 2.45) is 0 Å². The van der Waals surface area contributed by atoms with Gasteiger partial charge in [-0.05, 0) is 25.5 Å². The third kappa shape index (κ3) is 3.72. The van der Waals surface area contributed by atoms with Crippen LogP contribution in [-0.2, 0) is 4.79 Å². The van der Waals surface area contributed by atoms with Crippen molar-refractivity contribution in [3.05, 3.63) is 89.2 Å². The fourth-order valence-electron chi connectivity index (χ4n) is 3.86. The molecule has 1 aliphatic heterocycles. The summed E-state index contributed by atoms with van der Waals surface area (Å²) < 4.78 is 1.68. The van der Waals surface area contributed by atoms with Gasteiger partial charge in [-0.3, -0.25) is 4.79 Å². The summed E-state index contributed by atoms with van der Waals surface area (Å²) in [7, 11) is 0. The number of thioether (sulfide) groups is 1. The number of rotatable bonds is 3. The van der Waals surface area contributed by atoms with Gasteiger partial charge in [0.05, 0.1) is 16.7 Å². The lowest BCUT2D eigenvalue weighted by molar-refractivity contribution is -0.113. The number of amides is 1. The van der Waals surface area contributed by atoms with Crippen molar-refractivity contribution in [3.63, 3.8) is 0 Å². The van der Waals surface area contributed by atoms with Crippen molar-refractivity contribution >= 4 is 23.5 Å². The van der Waals surface area contributed by atoms with Gasteiger partial charge in [-0.1, -0.05) is 60.7 Å². The molecule has 0 radical (unpaired) electrons. The Morgan fingerprint density at radius 3 is 2.29 bits per heavy atom. The maximum atomic E-state index is 12.7. The summed E-state index contributed by atoms with van der Waals surface area (Å²) in [4.78, 5) is 21.9. The van der Waals surface area contributed by atoms with Crippen LogP contribution >= 0.6 is 11.8 Å². The number of anilines is 1. The third-order valence-electron chi connectivity index (χ3n) is 5.13. The second-order valence-corrected chi connectivity index (χ2v) is 8.58. The van der Waals surface area contributed by atoms with E-state index in [2.05, 4.69) is 27.4 Å². The monoisotopic (exact) mass is 427 g/mol. The molecule has 0 bridgehead atoms. The smallest absolute Gasteiger partial charge is 0.252 e. The summed E-state index contributed by atoms with van der Waals surface area (Å²) in [6.07, 6.45) is 0. The molecule has 1 N–H and O–H groups in total. The lowest BCUT2D eigenvalue weighted by atomic mass is 10.00. The van der Waals surface area contributed by atoms with Crippen molar-refractivity contribution in [3.8, 4) is 17.2 Å². The van der Waals surface area contributed by atoms with E-state index in [0.29, 0.717) is 17.5 Å². The highest BCUT2D eigenvalue weighted by Crippen LogP contribution is 2.46. The molecule has 0 saturated carbocycles. The molecule has 154 valence electrons. The van der Waals surface area contributed by atoms with Crippen LogP contribution in [0.15, 0.2) is 66.7 Å². The van der Waals surface area contributed by atoms with Crippen LogP contribution in [0.4, 0.5) is 5.82 Å². The molecule has 2 aromatic carbocycles. The quantitative estimate of drug-likeness (QED) is 0.512. The maximum Gasteiger partial charge on any atom is 0.252 e. The van der Waals surface area contributed by atoms with Gasteiger partial charge in [0.2, 0.25) is 5.91 Å². The number of carbonyl (C=O) groups is 1. The zero-order valence-corrected chi connectivity index (χ0v) is 18.1. The molecule has 3 heterocycles. The second-order valence-electron chi connectivity index (χ2n) is 7.49. The second kappa shape index (κ2) is 8.00. The third-order valence-corrected chi connectivity index (χ3v) is 6.40. The highest BCUT2D eigenvalue weighted by atomic mass is 32.2. The molecule has 1 amide bonds. The van der Waals surface area contributed by atoms with Gasteiger partial charge < -0.3 is 5.32 Å². The topological polar surface area (TPSA) is 72.7 Å². The molecule has 0 unspecified atom stereocenters. The Morgan fingerprint density at radius 2 is 1.61 bits per heavy atom. The number of hydrogen-bond donors (Lipinski definition) is 1. The SMILES string of the molecule is Cc1cc(C)nc(-n2nc(-c3ccccc3)c3c2NC(=O)CS[C@@H]3c2ccccc2)n1. The van der Waals surface area contributed by atoms with Crippen LogP contribution in [0.2, 0.25) is 0 Å². The molecular formula is C24H21N5OS. The number of nitrogens with zero attached hydrogens (tertiary/aromatic N) is 4. The van der Waals surface area contributed by atoms with Crippen LogP contribution in [0.1, 0.15) is 27.8 Å². The number of aryl methyl sites for hydroxylation is 2. The summed E-state index contributed by atoms with van der Waals surface area (Å²) >= 11 is 1.61. The van der Waals surface area contributed by atoms with Crippen molar-refractivity contribution in [1.82, 2.24) is 19.7 Å². The van der Waals surface area contributed by atoms with Gasteiger partial charge in [-0.15, -0.1) is 11.8 Å². The van der Waals surface area contributed by atoms with Crippen LogP contribution in [0, 0.1) is 13.8 Å². The van der Waals surface area contributed by atoms with Crippen molar-refractivity contribution in [2.75, 3.05) is 11.1 Å². The highest BCUT2D eigenvalue weighted by molar-refractivity contribution is 8.00. The average molecular weight is 428 g/mol. The predicted octanol–water partition coefficient (Wildman–Crippen LogP) is 4.72. The first kappa shape index (κ1) is 19.5. The molecule has 5 rings (SSSR count). The molecule has 7 heteroatoms. The number of nitrogens with one attached hydrogen (secondary N) is 1. The number of fused-ring (bicyclic) bond motifs is 1. The van der Waals surface area contributed by atoms with E-state index in [1.165, 1.54) is 0 Å². The molecule has 1 aliphatic rings. The van der Waals surface area contributed by atoms with Gasteiger partial charge >= 0.3 is 0 Å². The Balaban J connectivity index is 1.81. The number of benzene rings is 2. The van der Waals surface area contributed by atoms with Crippen molar-refractivity contribution in [2.45, 2.75) is 19.1 Å². The minimum atomic E-state index is -0.0604. The highest BCUT2D eigenvalue weighted by Gasteiger charge is 2.33. The number of hydrogen-bond acceptors (Lipinski definition) is 5. The molecule has 0 aliphatic carbocycles. The molecule has 2 aromatic heterocycles. The summed E-state index contributed by atoms with van der Waals surface area (Å²) in [5.74, 6) is 1.38. The number of aromatic nitrogens is 4. The van der Waals surface area contributed by atoms with Gasteiger partial charge in [-0.2, -0.15) is 9.78 Å². The van der Waals surface area contributed by atoms with Crippen LogP contribution < -0.4 is 5.32 Å². The van der Waals surface area contributed by atoms with E-state index >= 15 is 0 Å². The molecular weight excluding hydrogens is 406 g/mol. The van der Waals surface area contributed by atoms with Gasteiger partial charge in [0.25, 0.3) is 5.95 Å². The van der Waals surface area contributed by atoms with E-state index in [1.54, 1.807) is 16.4 Å². The molecule has 0 fully saturated rings. The predicted molar refractivity (Wildman–Crippen MR) is 123 cm³/mol. The van der Waals surface area contributed by atoms with E-state index in [1.807, 2.05) is 68.4 Å². The molecule has 0 saturated heterocycles. The lowest BCUT2D eigenvalue weighted by Crippen LogP contribution is -2.17. The molecule has 4 aromatic rings. The van der Waals surface area contributed by atoms with Crippen LogP contribution in [0.5, 0.6) is 0 Å². The lowest BCUT2D eigenvalue weighted by Gasteiger charge is -2.16. The summed E-state index contributed by atoms with van der Waals surface area (Å²) in [5, 5.41) is 7.96. The fraction of sp³-hybridized carbons (Fsp3) is 0.167. The first-order valence-electron chi connectivity index (χ1n) is 10.1. The van der Waals surface area contributed by atoms with E-state index in [4.69, 9.17) is 5.10 Å². The molecule has 1 atom stereocenters. The Bertz CT molecular complexity index is 1230. The molecule has 0 spiro atoms.